The van der Waals surface area contributed by atoms with Gasteiger partial charge in [0.1, 0.15) is 5.82 Å². The molecular formula is C37H46N4O. The van der Waals surface area contributed by atoms with Crippen molar-refractivity contribution in [3.8, 4) is 17.3 Å². The fourth-order valence-electron chi connectivity index (χ4n) is 5.76. The smallest absolute Gasteiger partial charge is 0.130 e. The largest absolute Gasteiger partial charge is 0.382 e. The molecule has 0 unspecified atom stereocenters. The molecule has 5 heteroatoms. The van der Waals surface area contributed by atoms with Crippen molar-refractivity contribution >= 4 is 5.82 Å². The zero-order chi connectivity index (χ0) is 29.9. The molecule has 0 atom stereocenters. The standard InChI is InChI=1S/C37H46N4O/c1-6-11-35(29(5)28(4)25-38)39-37-15-9-14-36(40-37)34-13-8-12-27(3)33(34)19-17-30-16-18-32-26-41(21-10-23-42-7-2)22-20-31(32)24-30/h8-9,12-16,18,24H,4,6-7,10-11,17,19-23,26H2,1-3,5H3,(H,39,40)/b35-29+. The lowest BCUT2D eigenvalue weighted by atomic mass is 9.91. The maximum absolute atomic E-state index is 9.35. The zero-order valence-electron chi connectivity index (χ0n) is 25.9. The van der Waals surface area contributed by atoms with Gasteiger partial charge in [-0.1, -0.05) is 62.4 Å². The maximum atomic E-state index is 9.35. The number of aromatic nitrogens is 1. The summed E-state index contributed by atoms with van der Waals surface area (Å²) >= 11 is 0. The van der Waals surface area contributed by atoms with Gasteiger partial charge < -0.3 is 10.1 Å². The first-order valence-electron chi connectivity index (χ1n) is 15.5. The first-order valence-corrected chi connectivity index (χ1v) is 15.5. The minimum absolute atomic E-state index is 0.486. The van der Waals surface area contributed by atoms with E-state index in [-0.39, 0.29) is 0 Å². The summed E-state index contributed by atoms with van der Waals surface area (Å²) in [5, 5.41) is 12.8. The number of anilines is 1. The molecule has 0 fully saturated rings. The average Bonchev–Trinajstić information content (AvgIpc) is 3.01. The van der Waals surface area contributed by atoms with Gasteiger partial charge in [0.2, 0.25) is 0 Å². The zero-order valence-corrected chi connectivity index (χ0v) is 25.9. The molecule has 220 valence electrons. The molecule has 0 saturated carbocycles. The van der Waals surface area contributed by atoms with Gasteiger partial charge in [-0.05, 0) is 98.4 Å². The summed E-state index contributed by atoms with van der Waals surface area (Å²) in [6.07, 6.45) is 5.98. The van der Waals surface area contributed by atoms with Crippen LogP contribution >= 0.6 is 0 Å². The Morgan fingerprint density at radius 3 is 2.71 bits per heavy atom. The van der Waals surface area contributed by atoms with Crippen LogP contribution in [0, 0.1) is 18.3 Å². The number of hydrogen-bond acceptors (Lipinski definition) is 5. The molecule has 3 aromatic rings. The van der Waals surface area contributed by atoms with Crippen LogP contribution in [0.5, 0.6) is 0 Å². The van der Waals surface area contributed by atoms with E-state index in [1.54, 1.807) is 0 Å². The van der Waals surface area contributed by atoms with Crippen LogP contribution in [0.15, 0.2) is 78.0 Å². The van der Waals surface area contributed by atoms with E-state index in [4.69, 9.17) is 9.72 Å². The first-order chi connectivity index (χ1) is 20.4. The lowest BCUT2D eigenvalue weighted by Gasteiger charge is -2.29. The predicted molar refractivity (Wildman–Crippen MR) is 174 cm³/mol. The van der Waals surface area contributed by atoms with Crippen LogP contribution in [0.25, 0.3) is 11.3 Å². The van der Waals surface area contributed by atoms with E-state index >= 15 is 0 Å². The molecule has 0 spiro atoms. The van der Waals surface area contributed by atoms with E-state index in [2.05, 4.69) is 92.2 Å². The molecule has 2 heterocycles. The van der Waals surface area contributed by atoms with E-state index in [1.807, 2.05) is 13.0 Å². The molecule has 4 rings (SSSR count). The maximum Gasteiger partial charge on any atom is 0.130 e. The van der Waals surface area contributed by atoms with Gasteiger partial charge in [0.15, 0.2) is 0 Å². The molecule has 1 aliphatic heterocycles. The van der Waals surface area contributed by atoms with Gasteiger partial charge in [-0.15, -0.1) is 0 Å². The second kappa shape index (κ2) is 15.5. The Bertz CT molecular complexity index is 1450. The van der Waals surface area contributed by atoms with Crippen molar-refractivity contribution in [2.24, 2.45) is 0 Å². The quantitative estimate of drug-likeness (QED) is 0.122. The third-order valence-electron chi connectivity index (χ3n) is 8.25. The van der Waals surface area contributed by atoms with Gasteiger partial charge in [0.05, 0.1) is 11.8 Å². The summed E-state index contributed by atoms with van der Waals surface area (Å²) < 4.78 is 5.52. The molecule has 0 bridgehead atoms. The van der Waals surface area contributed by atoms with Crippen LogP contribution in [-0.4, -0.2) is 36.2 Å². The molecule has 0 saturated heterocycles. The summed E-state index contributed by atoms with van der Waals surface area (Å²) in [7, 11) is 0. The van der Waals surface area contributed by atoms with E-state index < -0.39 is 0 Å². The Morgan fingerprint density at radius 1 is 1.10 bits per heavy atom. The summed E-state index contributed by atoms with van der Waals surface area (Å²) in [5.74, 6) is 0.787. The fraction of sp³-hybridized carbons (Fsp3) is 0.405. The van der Waals surface area contributed by atoms with E-state index in [0.29, 0.717) is 5.57 Å². The number of pyridine rings is 1. The predicted octanol–water partition coefficient (Wildman–Crippen LogP) is 8.19. The van der Waals surface area contributed by atoms with E-state index in [0.717, 1.165) is 94.2 Å². The van der Waals surface area contributed by atoms with Gasteiger partial charge in [0.25, 0.3) is 0 Å². The highest BCUT2D eigenvalue weighted by Crippen LogP contribution is 2.29. The van der Waals surface area contributed by atoms with Crippen molar-refractivity contribution in [2.75, 3.05) is 31.6 Å². The molecule has 0 amide bonds. The van der Waals surface area contributed by atoms with Crippen LogP contribution in [0.2, 0.25) is 0 Å². The number of rotatable bonds is 14. The number of nitrogens with zero attached hydrogens (tertiary/aromatic N) is 3. The van der Waals surface area contributed by atoms with Crippen LogP contribution in [0.1, 0.15) is 67.9 Å². The molecule has 5 nitrogen and oxygen atoms in total. The fourth-order valence-corrected chi connectivity index (χ4v) is 5.76. The number of nitriles is 1. The van der Waals surface area contributed by atoms with Crippen LogP contribution in [0.4, 0.5) is 5.82 Å². The van der Waals surface area contributed by atoms with Crippen molar-refractivity contribution < 1.29 is 4.74 Å². The number of benzene rings is 2. The second-order valence-electron chi connectivity index (χ2n) is 11.3. The molecule has 1 aliphatic rings. The number of nitrogens with one attached hydrogen (secondary N) is 1. The lowest BCUT2D eigenvalue weighted by Crippen LogP contribution is -2.32. The summed E-state index contributed by atoms with van der Waals surface area (Å²) in [6.45, 7) is 17.2. The monoisotopic (exact) mass is 562 g/mol. The normalized spacial score (nSPS) is 13.7. The topological polar surface area (TPSA) is 61.2 Å². The number of fused-ring (bicyclic) bond motifs is 1. The molecule has 42 heavy (non-hydrogen) atoms. The number of allylic oxidation sites excluding steroid dienone is 3. The highest BCUT2D eigenvalue weighted by molar-refractivity contribution is 5.67. The molecule has 0 aliphatic carbocycles. The van der Waals surface area contributed by atoms with E-state index in [9.17, 15) is 5.26 Å². The van der Waals surface area contributed by atoms with Crippen LogP contribution < -0.4 is 5.32 Å². The number of hydrogen-bond donors (Lipinski definition) is 1. The lowest BCUT2D eigenvalue weighted by molar-refractivity contribution is 0.129. The third kappa shape index (κ3) is 8.18. The van der Waals surface area contributed by atoms with Gasteiger partial charge in [-0.25, -0.2) is 4.98 Å². The Labute approximate surface area is 252 Å². The summed E-state index contributed by atoms with van der Waals surface area (Å²) in [4.78, 5) is 7.57. The Kier molecular flexibility index (Phi) is 11.5. The van der Waals surface area contributed by atoms with Gasteiger partial charge >= 0.3 is 0 Å². The van der Waals surface area contributed by atoms with Crippen molar-refractivity contribution in [3.63, 3.8) is 0 Å². The van der Waals surface area contributed by atoms with E-state index in [1.165, 1.54) is 33.4 Å². The van der Waals surface area contributed by atoms with Crippen molar-refractivity contribution in [1.29, 1.82) is 5.26 Å². The molecule has 1 N–H and O–H groups in total. The van der Waals surface area contributed by atoms with Crippen molar-refractivity contribution in [2.45, 2.75) is 72.8 Å². The minimum Gasteiger partial charge on any atom is -0.382 e. The Morgan fingerprint density at radius 2 is 1.93 bits per heavy atom. The minimum atomic E-state index is 0.486. The highest BCUT2D eigenvalue weighted by atomic mass is 16.5. The molecule has 0 radical (unpaired) electrons. The third-order valence-corrected chi connectivity index (χ3v) is 8.25. The van der Waals surface area contributed by atoms with Crippen molar-refractivity contribution in [3.05, 3.63) is 106 Å². The second-order valence-corrected chi connectivity index (χ2v) is 11.3. The number of aryl methyl sites for hydroxylation is 2. The molecule has 2 aromatic carbocycles. The van der Waals surface area contributed by atoms with Gasteiger partial charge in [0, 0.05) is 49.7 Å². The molecular weight excluding hydrogens is 516 g/mol. The van der Waals surface area contributed by atoms with Gasteiger partial charge in [-0.2, -0.15) is 5.26 Å². The van der Waals surface area contributed by atoms with Crippen LogP contribution in [-0.2, 0) is 30.5 Å². The van der Waals surface area contributed by atoms with Crippen molar-refractivity contribution in [1.82, 2.24) is 9.88 Å². The van der Waals surface area contributed by atoms with Crippen LogP contribution in [0.3, 0.4) is 0 Å². The average molecular weight is 563 g/mol. The highest BCUT2D eigenvalue weighted by Gasteiger charge is 2.17. The Balaban J connectivity index is 1.48. The summed E-state index contributed by atoms with van der Waals surface area (Å²) in [6, 6.07) is 21.9. The SMILES string of the molecule is C=C(C#N)/C(C)=C(\CCC)Nc1cccc(-c2cccc(C)c2CCc2ccc3c(c2)CCN(CCCOCC)C3)n1. The summed E-state index contributed by atoms with van der Waals surface area (Å²) in [5.41, 5.74) is 11.5. The molecule has 1 aromatic heterocycles. The first kappa shape index (κ1) is 31.2. The number of ether oxygens (including phenoxy) is 1. The van der Waals surface area contributed by atoms with Gasteiger partial charge in [-0.3, -0.25) is 4.90 Å². The Hall–Kier alpha value is -3.72.